The predicted molar refractivity (Wildman–Crippen MR) is 63.2 cm³/mol. The van der Waals surface area contributed by atoms with Crippen LogP contribution in [0.5, 0.6) is 0 Å². The molecule has 6 heteroatoms. The molecule has 1 fully saturated rings. The van der Waals surface area contributed by atoms with Gasteiger partial charge < -0.3 is 4.74 Å². The maximum absolute atomic E-state index is 12.1. The lowest BCUT2D eigenvalue weighted by Crippen LogP contribution is -2.47. The highest BCUT2D eigenvalue weighted by Crippen LogP contribution is 2.40. The lowest BCUT2D eigenvalue weighted by atomic mass is 9.93. The van der Waals surface area contributed by atoms with Crippen LogP contribution in [0.1, 0.15) is 19.8 Å². The van der Waals surface area contributed by atoms with Gasteiger partial charge in [0.15, 0.2) is 9.84 Å². The van der Waals surface area contributed by atoms with Crippen LogP contribution in [-0.4, -0.2) is 35.8 Å². The summed E-state index contributed by atoms with van der Waals surface area (Å²) in [6, 6.07) is 0. The predicted octanol–water partition coefficient (Wildman–Crippen LogP) is 1.20. The molecule has 16 heavy (non-hydrogen) atoms. The van der Waals surface area contributed by atoms with E-state index in [2.05, 4.69) is 15.9 Å². The molecule has 0 aromatic carbocycles. The molecule has 0 spiro atoms. The third kappa shape index (κ3) is 1.82. The Morgan fingerprint density at radius 1 is 1.56 bits per heavy atom. The highest BCUT2D eigenvalue weighted by Gasteiger charge is 2.53. The van der Waals surface area contributed by atoms with Crippen LogP contribution in [-0.2, 0) is 19.4 Å². The van der Waals surface area contributed by atoms with Crippen molar-refractivity contribution < 1.29 is 17.9 Å². The second kappa shape index (κ2) is 3.84. The van der Waals surface area contributed by atoms with Crippen LogP contribution < -0.4 is 0 Å². The van der Waals surface area contributed by atoms with Crippen LogP contribution >= 0.6 is 15.9 Å². The number of ether oxygens (including phenoxy) is 1. The summed E-state index contributed by atoms with van der Waals surface area (Å²) in [5.74, 6) is -0.573. The van der Waals surface area contributed by atoms with Crippen molar-refractivity contribution in [3.63, 3.8) is 0 Å². The summed E-state index contributed by atoms with van der Waals surface area (Å²) in [6.07, 6.45) is 3.98. The van der Waals surface area contributed by atoms with Crippen molar-refractivity contribution in [1.29, 1.82) is 0 Å². The van der Waals surface area contributed by atoms with Crippen molar-refractivity contribution in [1.82, 2.24) is 0 Å². The Labute approximate surface area is 103 Å². The lowest BCUT2D eigenvalue weighted by Gasteiger charge is -2.31. The molecule has 0 aromatic heterocycles. The fourth-order valence-corrected chi connectivity index (χ4v) is 5.57. The van der Waals surface area contributed by atoms with Gasteiger partial charge in [-0.15, -0.1) is 0 Å². The molecule has 4 nitrogen and oxygen atoms in total. The van der Waals surface area contributed by atoms with Crippen LogP contribution in [0.2, 0.25) is 0 Å². The van der Waals surface area contributed by atoms with Gasteiger partial charge in [-0.05, 0) is 19.8 Å². The zero-order valence-electron chi connectivity index (χ0n) is 8.85. The molecule has 2 aliphatic rings. The van der Waals surface area contributed by atoms with E-state index in [9.17, 15) is 13.2 Å². The smallest absolute Gasteiger partial charge is 0.324 e. The van der Waals surface area contributed by atoms with Gasteiger partial charge in [0.2, 0.25) is 0 Å². The molecule has 0 aromatic rings. The molecule has 1 saturated heterocycles. The number of carbonyl (C=O) groups is 1. The van der Waals surface area contributed by atoms with Crippen LogP contribution in [0.25, 0.3) is 0 Å². The van der Waals surface area contributed by atoms with Crippen molar-refractivity contribution in [2.45, 2.75) is 35.4 Å². The molecule has 90 valence electrons. The summed E-state index contributed by atoms with van der Waals surface area (Å²) in [5.41, 5.74) is 0. The zero-order valence-corrected chi connectivity index (χ0v) is 11.3. The van der Waals surface area contributed by atoms with Crippen LogP contribution in [0.3, 0.4) is 0 Å². The van der Waals surface area contributed by atoms with E-state index in [1.165, 1.54) is 0 Å². The average molecular weight is 309 g/mol. The summed E-state index contributed by atoms with van der Waals surface area (Å²) in [5, 5.41) is -0.800. The van der Waals surface area contributed by atoms with Crippen molar-refractivity contribution in [2.24, 2.45) is 0 Å². The molecule has 2 rings (SSSR count). The van der Waals surface area contributed by atoms with Gasteiger partial charge >= 0.3 is 5.97 Å². The SMILES string of the molecule is C[C@H]1CS(=O)(=O)[C@H]2C=CCC[C@@]2(Br)C(=O)O1. The summed E-state index contributed by atoms with van der Waals surface area (Å²) in [7, 11) is -3.34. The number of alkyl halides is 1. The van der Waals surface area contributed by atoms with Gasteiger partial charge in [0.1, 0.15) is 15.7 Å². The fourth-order valence-electron chi connectivity index (χ4n) is 2.18. The Morgan fingerprint density at radius 2 is 2.25 bits per heavy atom. The van der Waals surface area contributed by atoms with Gasteiger partial charge in [0.25, 0.3) is 0 Å². The molecule has 0 saturated carbocycles. The quantitative estimate of drug-likeness (QED) is 0.383. The van der Waals surface area contributed by atoms with Gasteiger partial charge in [-0.1, -0.05) is 28.1 Å². The first-order valence-electron chi connectivity index (χ1n) is 5.14. The summed E-state index contributed by atoms with van der Waals surface area (Å²) in [4.78, 5) is 11.9. The molecule has 3 atom stereocenters. The second-order valence-corrected chi connectivity index (χ2v) is 7.88. The van der Waals surface area contributed by atoms with E-state index in [4.69, 9.17) is 4.74 Å². The molecule has 1 aliphatic heterocycles. The molecular weight excluding hydrogens is 296 g/mol. The first-order valence-corrected chi connectivity index (χ1v) is 7.65. The summed E-state index contributed by atoms with van der Waals surface area (Å²) >= 11 is 3.29. The molecule has 1 heterocycles. The van der Waals surface area contributed by atoms with Crippen molar-refractivity contribution in [3.8, 4) is 0 Å². The Bertz CT molecular complexity index is 442. The molecule has 0 amide bonds. The first-order chi connectivity index (χ1) is 7.36. The molecule has 1 aliphatic carbocycles. The first kappa shape index (κ1) is 12.1. The number of cyclic esters (lactones) is 1. The minimum atomic E-state index is -3.34. The van der Waals surface area contributed by atoms with Gasteiger partial charge in [-0.3, -0.25) is 4.79 Å². The minimum Gasteiger partial charge on any atom is -0.461 e. The monoisotopic (exact) mass is 308 g/mol. The van der Waals surface area contributed by atoms with E-state index >= 15 is 0 Å². The molecule has 0 bridgehead atoms. The number of hydrogen-bond acceptors (Lipinski definition) is 4. The number of esters is 1. The second-order valence-electron chi connectivity index (χ2n) is 4.30. The van der Waals surface area contributed by atoms with Crippen LogP contribution in [0.15, 0.2) is 12.2 Å². The summed E-state index contributed by atoms with van der Waals surface area (Å²) < 4.78 is 28.2. The standard InChI is InChI=1S/C10H13BrO4S/c1-7-6-16(13,14)8-4-2-3-5-10(8,11)9(12)15-7/h2,4,7-8H,3,5-6H2,1H3/t7-,8-,10-/m0/s1. The molecular formula is C10H13BrO4S. The van der Waals surface area contributed by atoms with Gasteiger partial charge in [-0.25, -0.2) is 8.42 Å². The van der Waals surface area contributed by atoms with E-state index in [0.717, 1.165) is 0 Å². The van der Waals surface area contributed by atoms with Crippen LogP contribution in [0.4, 0.5) is 0 Å². The number of fused-ring (bicyclic) bond motifs is 1. The Kier molecular flexibility index (Phi) is 2.90. The van der Waals surface area contributed by atoms with Gasteiger partial charge in [-0.2, -0.15) is 0 Å². The number of sulfone groups is 1. The number of rotatable bonds is 0. The number of carbonyl (C=O) groups excluding carboxylic acids is 1. The maximum Gasteiger partial charge on any atom is 0.324 e. The zero-order chi connectivity index (χ0) is 12.0. The normalized spacial score (nSPS) is 42.0. The maximum atomic E-state index is 12.1. The van der Waals surface area contributed by atoms with E-state index in [-0.39, 0.29) is 5.75 Å². The largest absolute Gasteiger partial charge is 0.461 e. The Hall–Kier alpha value is -0.360. The van der Waals surface area contributed by atoms with E-state index in [1.807, 2.05) is 6.08 Å². The summed E-state index contributed by atoms with van der Waals surface area (Å²) in [6.45, 7) is 1.60. The van der Waals surface area contributed by atoms with Crippen molar-refractivity contribution >= 4 is 31.7 Å². The third-order valence-corrected chi connectivity index (χ3v) is 6.72. The van der Waals surface area contributed by atoms with Crippen LogP contribution in [0, 0.1) is 0 Å². The molecule has 0 unspecified atom stereocenters. The lowest BCUT2D eigenvalue weighted by molar-refractivity contribution is -0.149. The third-order valence-electron chi connectivity index (χ3n) is 2.94. The van der Waals surface area contributed by atoms with E-state index in [0.29, 0.717) is 12.8 Å². The number of allylic oxidation sites excluding steroid dienone is 1. The van der Waals surface area contributed by atoms with Crippen molar-refractivity contribution in [2.75, 3.05) is 5.75 Å². The van der Waals surface area contributed by atoms with Gasteiger partial charge in [0.05, 0.1) is 5.75 Å². The number of hydrogen-bond donors (Lipinski definition) is 0. The highest BCUT2D eigenvalue weighted by molar-refractivity contribution is 9.10. The van der Waals surface area contributed by atoms with E-state index < -0.39 is 31.5 Å². The van der Waals surface area contributed by atoms with Gasteiger partial charge in [0, 0.05) is 0 Å². The minimum absolute atomic E-state index is 0.110. The molecule has 0 radical (unpaired) electrons. The molecule has 0 N–H and O–H groups in total. The highest BCUT2D eigenvalue weighted by atomic mass is 79.9. The average Bonchev–Trinajstić information content (AvgIpc) is 2.21. The Morgan fingerprint density at radius 3 is 2.94 bits per heavy atom. The fraction of sp³-hybridized carbons (Fsp3) is 0.700. The topological polar surface area (TPSA) is 60.4 Å². The number of halogens is 1. The van der Waals surface area contributed by atoms with E-state index in [1.54, 1.807) is 13.0 Å². The van der Waals surface area contributed by atoms with Crippen molar-refractivity contribution in [3.05, 3.63) is 12.2 Å². The Balaban J connectivity index is 2.53.